The molecule has 2 aromatic rings. The normalized spacial score (nSPS) is 14.6. The summed E-state index contributed by atoms with van der Waals surface area (Å²) >= 11 is 0. The molecule has 0 N–H and O–H groups in total. The molecular formula is C15H13FO. The Kier molecular flexibility index (Phi) is 2.56. The highest BCUT2D eigenvalue weighted by Gasteiger charge is 2.23. The van der Waals surface area contributed by atoms with Crippen LogP contribution in [0.25, 0.3) is 11.1 Å². The van der Waals surface area contributed by atoms with Crippen molar-refractivity contribution in [3.05, 3.63) is 54.3 Å². The van der Waals surface area contributed by atoms with Crippen molar-refractivity contribution in [3.63, 3.8) is 0 Å². The number of ether oxygens (including phenoxy) is 1. The summed E-state index contributed by atoms with van der Waals surface area (Å²) in [6.45, 7) is 0. The van der Waals surface area contributed by atoms with Gasteiger partial charge in [0, 0.05) is 0 Å². The minimum absolute atomic E-state index is 0.212. The van der Waals surface area contributed by atoms with E-state index in [1.54, 1.807) is 6.07 Å². The van der Waals surface area contributed by atoms with Crippen molar-refractivity contribution in [2.24, 2.45) is 0 Å². The standard InChI is InChI=1S/C15H13FO/c16-13-5-1-3-11(9-13)12-4-2-6-15(10-12)17-14-7-8-14/h1-6,9-10,14H,7-8H2. The highest BCUT2D eigenvalue weighted by atomic mass is 19.1. The van der Waals surface area contributed by atoms with Crippen LogP contribution >= 0.6 is 0 Å². The van der Waals surface area contributed by atoms with Crippen molar-refractivity contribution < 1.29 is 9.13 Å². The maximum Gasteiger partial charge on any atom is 0.123 e. The molecule has 0 radical (unpaired) electrons. The minimum Gasteiger partial charge on any atom is -0.490 e. The van der Waals surface area contributed by atoms with Crippen LogP contribution in [-0.4, -0.2) is 6.10 Å². The van der Waals surface area contributed by atoms with Crippen LogP contribution in [0, 0.1) is 5.82 Å². The number of hydrogen-bond donors (Lipinski definition) is 0. The van der Waals surface area contributed by atoms with E-state index in [0.717, 1.165) is 29.7 Å². The fourth-order valence-corrected chi connectivity index (χ4v) is 1.80. The van der Waals surface area contributed by atoms with Gasteiger partial charge in [0.15, 0.2) is 0 Å². The van der Waals surface area contributed by atoms with E-state index in [-0.39, 0.29) is 5.82 Å². The molecule has 0 bridgehead atoms. The lowest BCUT2D eigenvalue weighted by Crippen LogP contribution is -1.95. The highest BCUT2D eigenvalue weighted by molar-refractivity contribution is 5.65. The topological polar surface area (TPSA) is 9.23 Å². The zero-order valence-electron chi connectivity index (χ0n) is 9.40. The summed E-state index contributed by atoms with van der Waals surface area (Å²) in [7, 11) is 0. The van der Waals surface area contributed by atoms with Gasteiger partial charge in [-0.15, -0.1) is 0 Å². The molecule has 17 heavy (non-hydrogen) atoms. The Morgan fingerprint density at radius 3 is 2.35 bits per heavy atom. The molecule has 0 unspecified atom stereocenters. The summed E-state index contributed by atoms with van der Waals surface area (Å²) in [5, 5.41) is 0. The van der Waals surface area contributed by atoms with E-state index in [9.17, 15) is 4.39 Å². The van der Waals surface area contributed by atoms with Crippen molar-refractivity contribution in [2.75, 3.05) is 0 Å². The summed E-state index contributed by atoms with van der Waals surface area (Å²) in [6, 6.07) is 14.4. The summed E-state index contributed by atoms with van der Waals surface area (Å²) in [6.07, 6.45) is 2.67. The molecule has 1 aliphatic rings. The van der Waals surface area contributed by atoms with Crippen molar-refractivity contribution in [1.82, 2.24) is 0 Å². The van der Waals surface area contributed by atoms with Gasteiger partial charge in [0.05, 0.1) is 6.10 Å². The Bertz CT molecular complexity index is 532. The molecule has 2 aromatic carbocycles. The van der Waals surface area contributed by atoms with Crippen LogP contribution in [0.2, 0.25) is 0 Å². The molecule has 86 valence electrons. The van der Waals surface area contributed by atoms with Gasteiger partial charge in [-0.1, -0.05) is 24.3 Å². The third kappa shape index (κ3) is 2.47. The predicted molar refractivity (Wildman–Crippen MR) is 65.5 cm³/mol. The largest absolute Gasteiger partial charge is 0.490 e. The van der Waals surface area contributed by atoms with Gasteiger partial charge in [-0.25, -0.2) is 4.39 Å². The Hall–Kier alpha value is -1.83. The van der Waals surface area contributed by atoms with Gasteiger partial charge in [0.25, 0.3) is 0 Å². The lowest BCUT2D eigenvalue weighted by Gasteiger charge is -2.07. The molecule has 1 fully saturated rings. The summed E-state index contributed by atoms with van der Waals surface area (Å²) < 4.78 is 18.9. The van der Waals surface area contributed by atoms with Gasteiger partial charge in [-0.2, -0.15) is 0 Å². The first-order valence-corrected chi connectivity index (χ1v) is 5.84. The lowest BCUT2D eigenvalue weighted by molar-refractivity contribution is 0.303. The molecular weight excluding hydrogens is 215 g/mol. The molecule has 0 heterocycles. The molecule has 1 saturated carbocycles. The Labute approximate surface area is 99.9 Å². The molecule has 0 saturated heterocycles. The Morgan fingerprint density at radius 2 is 1.65 bits per heavy atom. The van der Waals surface area contributed by atoms with Gasteiger partial charge in [0.1, 0.15) is 11.6 Å². The number of rotatable bonds is 3. The maximum absolute atomic E-state index is 13.1. The van der Waals surface area contributed by atoms with E-state index >= 15 is 0 Å². The Balaban J connectivity index is 1.91. The summed E-state index contributed by atoms with van der Waals surface area (Å²) in [5.41, 5.74) is 1.87. The molecule has 0 aliphatic heterocycles. The van der Waals surface area contributed by atoms with Crippen LogP contribution < -0.4 is 4.74 Å². The molecule has 3 rings (SSSR count). The van der Waals surface area contributed by atoms with Gasteiger partial charge in [-0.3, -0.25) is 0 Å². The van der Waals surface area contributed by atoms with Crippen molar-refractivity contribution >= 4 is 0 Å². The predicted octanol–water partition coefficient (Wildman–Crippen LogP) is 4.03. The smallest absolute Gasteiger partial charge is 0.123 e. The van der Waals surface area contributed by atoms with Crippen LogP contribution in [0.1, 0.15) is 12.8 Å². The molecule has 0 spiro atoms. The fourth-order valence-electron chi connectivity index (χ4n) is 1.80. The number of benzene rings is 2. The van der Waals surface area contributed by atoms with Gasteiger partial charge in [-0.05, 0) is 48.2 Å². The third-order valence-corrected chi connectivity index (χ3v) is 2.82. The van der Waals surface area contributed by atoms with Gasteiger partial charge in [0.2, 0.25) is 0 Å². The summed E-state index contributed by atoms with van der Waals surface area (Å²) in [5.74, 6) is 0.658. The first-order valence-electron chi connectivity index (χ1n) is 5.84. The molecule has 0 atom stereocenters. The third-order valence-electron chi connectivity index (χ3n) is 2.82. The van der Waals surface area contributed by atoms with E-state index in [1.807, 2.05) is 30.3 Å². The van der Waals surface area contributed by atoms with E-state index in [4.69, 9.17) is 4.74 Å². The van der Waals surface area contributed by atoms with Crippen molar-refractivity contribution in [1.29, 1.82) is 0 Å². The zero-order valence-corrected chi connectivity index (χ0v) is 9.40. The highest BCUT2D eigenvalue weighted by Crippen LogP contribution is 2.29. The average molecular weight is 228 g/mol. The number of halogens is 1. The molecule has 2 heteroatoms. The van der Waals surface area contributed by atoms with Crippen LogP contribution in [0.5, 0.6) is 5.75 Å². The fraction of sp³-hybridized carbons (Fsp3) is 0.200. The van der Waals surface area contributed by atoms with E-state index < -0.39 is 0 Å². The second-order valence-corrected chi connectivity index (χ2v) is 4.36. The lowest BCUT2D eigenvalue weighted by atomic mass is 10.1. The van der Waals surface area contributed by atoms with Gasteiger partial charge >= 0.3 is 0 Å². The molecule has 1 nitrogen and oxygen atoms in total. The van der Waals surface area contributed by atoms with E-state index in [1.165, 1.54) is 12.1 Å². The zero-order chi connectivity index (χ0) is 11.7. The quantitative estimate of drug-likeness (QED) is 0.770. The maximum atomic E-state index is 13.1. The monoisotopic (exact) mass is 228 g/mol. The van der Waals surface area contributed by atoms with Crippen LogP contribution in [0.15, 0.2) is 48.5 Å². The second kappa shape index (κ2) is 4.21. The van der Waals surface area contributed by atoms with Crippen LogP contribution in [0.4, 0.5) is 4.39 Å². The van der Waals surface area contributed by atoms with Gasteiger partial charge < -0.3 is 4.74 Å². The van der Waals surface area contributed by atoms with E-state index in [0.29, 0.717) is 6.10 Å². The summed E-state index contributed by atoms with van der Waals surface area (Å²) in [4.78, 5) is 0. The molecule has 0 aromatic heterocycles. The molecule has 1 aliphatic carbocycles. The minimum atomic E-state index is -0.212. The number of hydrogen-bond acceptors (Lipinski definition) is 1. The first-order chi connectivity index (χ1) is 8.31. The Morgan fingerprint density at radius 1 is 0.941 bits per heavy atom. The van der Waals surface area contributed by atoms with Crippen molar-refractivity contribution in [3.8, 4) is 16.9 Å². The van der Waals surface area contributed by atoms with Crippen LogP contribution in [0.3, 0.4) is 0 Å². The molecule has 0 amide bonds. The average Bonchev–Trinajstić information content (AvgIpc) is 3.13. The van der Waals surface area contributed by atoms with E-state index in [2.05, 4.69) is 0 Å². The first kappa shape index (κ1) is 10.3. The second-order valence-electron chi connectivity index (χ2n) is 4.36. The van der Waals surface area contributed by atoms with Crippen molar-refractivity contribution in [2.45, 2.75) is 18.9 Å². The van der Waals surface area contributed by atoms with Crippen LogP contribution in [-0.2, 0) is 0 Å². The SMILES string of the molecule is Fc1cccc(-c2cccc(OC3CC3)c2)c1.